The molecule has 0 radical (unpaired) electrons. The summed E-state index contributed by atoms with van der Waals surface area (Å²) in [5.74, 6) is 1.58. The third-order valence-electron chi connectivity index (χ3n) is 3.45. The number of nitrogens with zero attached hydrogens (tertiary/aromatic N) is 1. The minimum absolute atomic E-state index is 0.0600. The number of methoxy groups -OCH3 is 3. The average molecular weight is 317 g/mol. The van der Waals surface area contributed by atoms with Gasteiger partial charge in [0.1, 0.15) is 0 Å². The van der Waals surface area contributed by atoms with Crippen molar-refractivity contribution in [1.82, 2.24) is 0 Å². The van der Waals surface area contributed by atoms with E-state index < -0.39 is 0 Å². The normalized spacial score (nSPS) is 11.2. The van der Waals surface area contributed by atoms with E-state index in [0.29, 0.717) is 34.9 Å². The number of phenolic OH excluding ortho intramolecular Hbond substituents is 1. The number of benzene rings is 2. The highest BCUT2D eigenvalue weighted by molar-refractivity contribution is 6.02. The van der Waals surface area contributed by atoms with Crippen molar-refractivity contribution in [2.45, 2.75) is 6.42 Å². The van der Waals surface area contributed by atoms with Crippen LogP contribution in [0.15, 0.2) is 41.6 Å². The lowest BCUT2D eigenvalue weighted by Crippen LogP contribution is -2.06. The van der Waals surface area contributed by atoms with E-state index in [-0.39, 0.29) is 5.75 Å². The molecule has 0 aliphatic rings. The molecule has 0 fully saturated rings. The first-order chi connectivity index (χ1) is 11.1. The van der Waals surface area contributed by atoms with Crippen molar-refractivity contribution in [3.8, 4) is 23.0 Å². The molecular formula is C17H19NO5. The summed E-state index contributed by atoms with van der Waals surface area (Å²) in [6, 6.07) is 10.2. The molecule has 2 rings (SSSR count). The fraction of sp³-hybridized carbons (Fsp3) is 0.235. The van der Waals surface area contributed by atoms with Gasteiger partial charge in [-0.05, 0) is 35.9 Å². The van der Waals surface area contributed by atoms with Crippen LogP contribution in [-0.2, 0) is 6.42 Å². The van der Waals surface area contributed by atoms with Gasteiger partial charge in [0.25, 0.3) is 0 Å². The maximum atomic E-state index is 9.63. The average Bonchev–Trinajstić information content (AvgIpc) is 2.60. The van der Waals surface area contributed by atoms with E-state index in [1.54, 1.807) is 44.6 Å². The minimum atomic E-state index is 0.0600. The highest BCUT2D eigenvalue weighted by Gasteiger charge is 2.12. The molecule has 2 aromatic rings. The molecule has 0 saturated heterocycles. The number of aromatic hydroxyl groups is 1. The van der Waals surface area contributed by atoms with Gasteiger partial charge in [-0.1, -0.05) is 11.2 Å². The molecule has 0 amide bonds. The summed E-state index contributed by atoms with van der Waals surface area (Å²) in [6.45, 7) is 0. The Morgan fingerprint density at radius 3 is 2.22 bits per heavy atom. The van der Waals surface area contributed by atoms with Crippen LogP contribution in [0.25, 0.3) is 0 Å². The van der Waals surface area contributed by atoms with Crippen LogP contribution in [0.5, 0.6) is 23.0 Å². The van der Waals surface area contributed by atoms with Gasteiger partial charge < -0.3 is 24.5 Å². The van der Waals surface area contributed by atoms with Crippen LogP contribution in [0.3, 0.4) is 0 Å². The molecule has 23 heavy (non-hydrogen) atoms. The van der Waals surface area contributed by atoms with Gasteiger partial charge in [-0.15, -0.1) is 0 Å². The molecule has 0 heterocycles. The van der Waals surface area contributed by atoms with Crippen molar-refractivity contribution >= 4 is 5.71 Å². The lowest BCUT2D eigenvalue weighted by molar-refractivity contribution is 0.318. The predicted octanol–water partition coefficient (Wildman–Crippen LogP) is 2.84. The largest absolute Gasteiger partial charge is 0.504 e. The number of oxime groups is 1. The SMILES string of the molecule is COc1cc(C/C(=N/O)c2ccc(OC)c(OC)c2)ccc1O. The van der Waals surface area contributed by atoms with Crippen LogP contribution >= 0.6 is 0 Å². The molecule has 0 saturated carbocycles. The highest BCUT2D eigenvalue weighted by Crippen LogP contribution is 2.29. The zero-order valence-electron chi connectivity index (χ0n) is 13.2. The Morgan fingerprint density at radius 1 is 0.913 bits per heavy atom. The minimum Gasteiger partial charge on any atom is -0.504 e. The molecule has 0 spiro atoms. The van der Waals surface area contributed by atoms with E-state index in [9.17, 15) is 10.3 Å². The van der Waals surface area contributed by atoms with Crippen LogP contribution in [0.2, 0.25) is 0 Å². The van der Waals surface area contributed by atoms with E-state index in [0.717, 1.165) is 5.56 Å². The number of hydrogen-bond acceptors (Lipinski definition) is 6. The molecule has 6 heteroatoms. The molecule has 6 nitrogen and oxygen atoms in total. The summed E-state index contributed by atoms with van der Waals surface area (Å²) in [7, 11) is 4.58. The van der Waals surface area contributed by atoms with Crippen molar-refractivity contribution in [3.05, 3.63) is 47.5 Å². The van der Waals surface area contributed by atoms with Gasteiger partial charge in [-0.2, -0.15) is 0 Å². The second-order valence-corrected chi connectivity index (χ2v) is 4.80. The summed E-state index contributed by atoms with van der Waals surface area (Å²) in [5.41, 5.74) is 2.00. The van der Waals surface area contributed by atoms with Crippen LogP contribution in [0.4, 0.5) is 0 Å². The number of hydrogen-bond donors (Lipinski definition) is 2. The maximum absolute atomic E-state index is 9.63. The molecule has 122 valence electrons. The Hall–Kier alpha value is -2.89. The Labute approximate surface area is 134 Å². The lowest BCUT2D eigenvalue weighted by atomic mass is 10.0. The number of phenols is 1. The van der Waals surface area contributed by atoms with E-state index in [1.807, 2.05) is 0 Å². The Balaban J connectivity index is 2.30. The molecule has 2 aromatic carbocycles. The monoisotopic (exact) mass is 317 g/mol. The molecule has 0 aliphatic heterocycles. The van der Waals surface area contributed by atoms with Crippen molar-refractivity contribution in [3.63, 3.8) is 0 Å². The summed E-state index contributed by atoms with van der Waals surface area (Å²) in [6.07, 6.45) is 0.364. The smallest absolute Gasteiger partial charge is 0.161 e. The van der Waals surface area contributed by atoms with Crippen molar-refractivity contribution in [2.24, 2.45) is 5.16 Å². The first-order valence-electron chi connectivity index (χ1n) is 6.92. The lowest BCUT2D eigenvalue weighted by Gasteiger charge is -2.11. The molecule has 0 unspecified atom stereocenters. The maximum Gasteiger partial charge on any atom is 0.161 e. The molecule has 0 aromatic heterocycles. The van der Waals surface area contributed by atoms with Crippen LogP contribution in [0, 0.1) is 0 Å². The van der Waals surface area contributed by atoms with E-state index in [4.69, 9.17) is 14.2 Å². The Morgan fingerprint density at radius 2 is 1.61 bits per heavy atom. The Kier molecular flexibility index (Phi) is 5.30. The van der Waals surface area contributed by atoms with Gasteiger partial charge in [0, 0.05) is 12.0 Å². The van der Waals surface area contributed by atoms with Crippen LogP contribution in [0.1, 0.15) is 11.1 Å². The second kappa shape index (κ2) is 7.40. The van der Waals surface area contributed by atoms with E-state index >= 15 is 0 Å². The quantitative estimate of drug-likeness (QED) is 0.486. The predicted molar refractivity (Wildman–Crippen MR) is 86.2 cm³/mol. The number of rotatable bonds is 6. The van der Waals surface area contributed by atoms with E-state index in [1.165, 1.54) is 13.2 Å². The summed E-state index contributed by atoms with van der Waals surface area (Å²) < 4.78 is 15.5. The first kappa shape index (κ1) is 16.5. The standard InChI is InChI=1S/C17H19NO5/c1-21-15-7-5-12(10-17(15)23-3)13(18-20)8-11-4-6-14(19)16(9-11)22-2/h4-7,9-10,19-20H,8H2,1-3H3/b18-13-. The van der Waals surface area contributed by atoms with Crippen molar-refractivity contribution in [2.75, 3.05) is 21.3 Å². The number of ether oxygens (including phenoxy) is 3. The first-order valence-corrected chi connectivity index (χ1v) is 6.92. The molecule has 2 N–H and O–H groups in total. The summed E-state index contributed by atoms with van der Waals surface area (Å²) in [4.78, 5) is 0. The highest BCUT2D eigenvalue weighted by atomic mass is 16.5. The second-order valence-electron chi connectivity index (χ2n) is 4.80. The van der Waals surface area contributed by atoms with Crippen molar-refractivity contribution < 1.29 is 24.5 Å². The van der Waals surface area contributed by atoms with E-state index in [2.05, 4.69) is 5.16 Å². The molecular weight excluding hydrogens is 298 g/mol. The van der Waals surface area contributed by atoms with Gasteiger partial charge in [-0.25, -0.2) is 0 Å². The van der Waals surface area contributed by atoms with Gasteiger partial charge in [0.2, 0.25) is 0 Å². The fourth-order valence-corrected chi connectivity index (χ4v) is 2.24. The third kappa shape index (κ3) is 3.66. The third-order valence-corrected chi connectivity index (χ3v) is 3.45. The van der Waals surface area contributed by atoms with Crippen LogP contribution < -0.4 is 14.2 Å². The zero-order valence-corrected chi connectivity index (χ0v) is 13.2. The molecule has 0 bridgehead atoms. The summed E-state index contributed by atoms with van der Waals surface area (Å²) >= 11 is 0. The molecule has 0 atom stereocenters. The van der Waals surface area contributed by atoms with Gasteiger partial charge in [-0.3, -0.25) is 0 Å². The van der Waals surface area contributed by atoms with Crippen molar-refractivity contribution in [1.29, 1.82) is 0 Å². The topological polar surface area (TPSA) is 80.5 Å². The van der Waals surface area contributed by atoms with Gasteiger partial charge in [0.15, 0.2) is 23.0 Å². The Bertz CT molecular complexity index is 712. The van der Waals surface area contributed by atoms with Crippen LogP contribution in [-0.4, -0.2) is 37.4 Å². The van der Waals surface area contributed by atoms with Gasteiger partial charge >= 0.3 is 0 Å². The molecule has 0 aliphatic carbocycles. The summed E-state index contributed by atoms with van der Waals surface area (Å²) in [5, 5.41) is 22.4. The zero-order chi connectivity index (χ0) is 16.8. The van der Waals surface area contributed by atoms with Gasteiger partial charge in [0.05, 0.1) is 27.0 Å². The fourth-order valence-electron chi connectivity index (χ4n) is 2.24.